The Kier molecular flexibility index (Phi) is 4.03. The maximum absolute atomic E-state index is 12.1. The van der Waals surface area contributed by atoms with Gasteiger partial charge in [0.25, 0.3) is 5.91 Å². The number of carbonyl (C=O) groups is 2. The summed E-state index contributed by atoms with van der Waals surface area (Å²) in [4.78, 5) is 32.4. The highest BCUT2D eigenvalue weighted by molar-refractivity contribution is 7.17. The third-order valence-electron chi connectivity index (χ3n) is 4.74. The second-order valence-electron chi connectivity index (χ2n) is 6.15. The number of imidazole rings is 1. The molecule has 0 saturated carbocycles. The van der Waals surface area contributed by atoms with Crippen molar-refractivity contribution < 1.29 is 14.3 Å². The van der Waals surface area contributed by atoms with Crippen molar-refractivity contribution in [2.24, 2.45) is 0 Å². The number of carbonyl (C=O) groups excluding carboxylic acids is 2. The highest BCUT2D eigenvalue weighted by Gasteiger charge is 2.26. The fraction of sp³-hybridized carbons (Fsp3) is 0.316. The summed E-state index contributed by atoms with van der Waals surface area (Å²) >= 11 is 1.59. The largest absolute Gasteiger partial charge is 0.482 e. The van der Waals surface area contributed by atoms with Crippen molar-refractivity contribution >= 4 is 34.2 Å². The lowest BCUT2D eigenvalue weighted by Gasteiger charge is -2.28. The SMILES string of the molecule is CCc1c(C)sc2nc(-c3ccc4c(c3)N(CC)C(=O)CO4)c(C=O)n12. The number of thiazole rings is 1. The van der Waals surface area contributed by atoms with Crippen molar-refractivity contribution in [3.05, 3.63) is 34.5 Å². The molecule has 1 amide bonds. The fourth-order valence-corrected chi connectivity index (χ4v) is 4.58. The Morgan fingerprint density at radius 2 is 2.15 bits per heavy atom. The van der Waals surface area contributed by atoms with Crippen LogP contribution in [0.15, 0.2) is 18.2 Å². The minimum Gasteiger partial charge on any atom is -0.482 e. The second-order valence-corrected chi connectivity index (χ2v) is 7.33. The molecule has 26 heavy (non-hydrogen) atoms. The quantitative estimate of drug-likeness (QED) is 0.661. The fourth-order valence-electron chi connectivity index (χ4n) is 3.52. The number of aldehydes is 1. The molecule has 1 aliphatic rings. The molecule has 0 N–H and O–H groups in total. The highest BCUT2D eigenvalue weighted by Crippen LogP contribution is 2.37. The third kappa shape index (κ3) is 2.34. The third-order valence-corrected chi connectivity index (χ3v) is 5.74. The van der Waals surface area contributed by atoms with E-state index in [2.05, 4.69) is 6.92 Å². The summed E-state index contributed by atoms with van der Waals surface area (Å²) in [6, 6.07) is 5.61. The molecule has 0 saturated heterocycles. The van der Waals surface area contributed by atoms with Gasteiger partial charge in [-0.2, -0.15) is 0 Å². The maximum atomic E-state index is 12.1. The van der Waals surface area contributed by atoms with Crippen LogP contribution in [0, 0.1) is 6.92 Å². The van der Waals surface area contributed by atoms with Crippen LogP contribution in [0.4, 0.5) is 5.69 Å². The molecule has 3 aromatic rings. The van der Waals surface area contributed by atoms with Gasteiger partial charge in [-0.25, -0.2) is 4.98 Å². The van der Waals surface area contributed by atoms with E-state index in [4.69, 9.17) is 9.72 Å². The van der Waals surface area contributed by atoms with E-state index < -0.39 is 0 Å². The first-order valence-electron chi connectivity index (χ1n) is 8.62. The molecule has 2 aromatic heterocycles. The topological polar surface area (TPSA) is 63.9 Å². The summed E-state index contributed by atoms with van der Waals surface area (Å²) in [6.45, 7) is 6.67. The smallest absolute Gasteiger partial charge is 0.265 e. The van der Waals surface area contributed by atoms with Crippen molar-refractivity contribution in [1.29, 1.82) is 0 Å². The molecule has 0 atom stereocenters. The second kappa shape index (κ2) is 6.25. The Bertz CT molecular complexity index is 1030. The molecule has 0 radical (unpaired) electrons. The number of amides is 1. The molecule has 1 aromatic carbocycles. The van der Waals surface area contributed by atoms with Gasteiger partial charge < -0.3 is 9.64 Å². The van der Waals surface area contributed by atoms with E-state index in [-0.39, 0.29) is 12.5 Å². The standard InChI is InChI=1S/C19H19N3O3S/c1-4-13-11(3)26-19-20-18(15(9-23)22(13)19)12-6-7-16-14(8-12)21(5-2)17(24)10-25-16/h6-9H,4-5,10H2,1-3H3. The number of aromatic nitrogens is 2. The minimum absolute atomic E-state index is 0.0547. The zero-order chi connectivity index (χ0) is 18.4. The van der Waals surface area contributed by atoms with Gasteiger partial charge in [-0.3, -0.25) is 14.0 Å². The van der Waals surface area contributed by atoms with E-state index in [1.807, 2.05) is 36.4 Å². The monoisotopic (exact) mass is 369 g/mol. The van der Waals surface area contributed by atoms with Crippen molar-refractivity contribution in [3.63, 3.8) is 0 Å². The van der Waals surface area contributed by atoms with Crippen LogP contribution in [0.1, 0.15) is 34.9 Å². The van der Waals surface area contributed by atoms with Gasteiger partial charge in [0.2, 0.25) is 0 Å². The molecule has 1 aliphatic heterocycles. The highest BCUT2D eigenvalue weighted by atomic mass is 32.1. The van der Waals surface area contributed by atoms with Crippen LogP contribution < -0.4 is 9.64 Å². The maximum Gasteiger partial charge on any atom is 0.265 e. The molecule has 0 unspecified atom stereocenters. The lowest BCUT2D eigenvalue weighted by molar-refractivity contribution is -0.121. The molecular formula is C19H19N3O3S. The number of anilines is 1. The van der Waals surface area contributed by atoms with E-state index in [0.717, 1.165) is 34.6 Å². The number of hydrogen-bond donors (Lipinski definition) is 0. The zero-order valence-corrected chi connectivity index (χ0v) is 15.7. The Hall–Kier alpha value is -2.67. The molecule has 4 rings (SSSR count). The number of ether oxygens (including phenoxy) is 1. The van der Waals surface area contributed by atoms with Crippen LogP contribution in [0.3, 0.4) is 0 Å². The van der Waals surface area contributed by atoms with Gasteiger partial charge >= 0.3 is 0 Å². The Balaban J connectivity index is 1.91. The summed E-state index contributed by atoms with van der Waals surface area (Å²) in [6.07, 6.45) is 1.69. The number of likely N-dealkylation sites (N-methyl/N-ethyl adjacent to an activating group) is 1. The van der Waals surface area contributed by atoms with E-state index in [1.54, 1.807) is 16.2 Å². The summed E-state index contributed by atoms with van der Waals surface area (Å²) in [7, 11) is 0. The number of fused-ring (bicyclic) bond motifs is 2. The van der Waals surface area contributed by atoms with E-state index in [1.165, 1.54) is 4.88 Å². The number of hydrogen-bond acceptors (Lipinski definition) is 5. The van der Waals surface area contributed by atoms with Gasteiger partial charge in [0, 0.05) is 22.7 Å². The molecule has 7 heteroatoms. The van der Waals surface area contributed by atoms with E-state index in [9.17, 15) is 9.59 Å². The van der Waals surface area contributed by atoms with Crippen molar-refractivity contribution in [3.8, 4) is 17.0 Å². The number of benzene rings is 1. The lowest BCUT2D eigenvalue weighted by Crippen LogP contribution is -2.38. The zero-order valence-electron chi connectivity index (χ0n) is 14.9. The van der Waals surface area contributed by atoms with E-state index >= 15 is 0 Å². The molecule has 0 aliphatic carbocycles. The van der Waals surface area contributed by atoms with Crippen LogP contribution in [0.25, 0.3) is 16.2 Å². The van der Waals surface area contributed by atoms with Gasteiger partial charge in [0.05, 0.1) is 5.69 Å². The molecular weight excluding hydrogens is 350 g/mol. The van der Waals surface area contributed by atoms with Gasteiger partial charge in [0.1, 0.15) is 17.1 Å². The summed E-state index contributed by atoms with van der Waals surface area (Å²) < 4.78 is 7.47. The Morgan fingerprint density at radius 1 is 1.35 bits per heavy atom. The normalized spacial score (nSPS) is 13.8. The van der Waals surface area contributed by atoms with Gasteiger partial charge in [0.15, 0.2) is 17.9 Å². The predicted molar refractivity (Wildman–Crippen MR) is 102 cm³/mol. The number of aryl methyl sites for hydroxylation is 2. The van der Waals surface area contributed by atoms with Gasteiger partial charge in [-0.05, 0) is 38.5 Å². The number of nitrogens with zero attached hydrogens (tertiary/aromatic N) is 3. The van der Waals surface area contributed by atoms with Crippen LogP contribution in [-0.2, 0) is 11.2 Å². The van der Waals surface area contributed by atoms with Crippen molar-refractivity contribution in [1.82, 2.24) is 9.38 Å². The predicted octanol–water partition coefficient (Wildman–Crippen LogP) is 3.49. The summed E-state index contributed by atoms with van der Waals surface area (Å²) in [5.74, 6) is 0.608. The van der Waals surface area contributed by atoms with Crippen LogP contribution in [-0.4, -0.2) is 34.7 Å². The van der Waals surface area contributed by atoms with Crippen molar-refractivity contribution in [2.75, 3.05) is 18.1 Å². The lowest BCUT2D eigenvalue weighted by atomic mass is 10.1. The van der Waals surface area contributed by atoms with E-state index in [0.29, 0.717) is 23.7 Å². The van der Waals surface area contributed by atoms with Crippen molar-refractivity contribution in [2.45, 2.75) is 27.2 Å². The average Bonchev–Trinajstić information content (AvgIpc) is 3.14. The molecule has 134 valence electrons. The molecule has 0 fully saturated rings. The van der Waals surface area contributed by atoms with Crippen LogP contribution in [0.2, 0.25) is 0 Å². The molecule has 0 bridgehead atoms. The molecule has 3 heterocycles. The van der Waals surface area contributed by atoms with Crippen LogP contribution >= 0.6 is 11.3 Å². The van der Waals surface area contributed by atoms with Gasteiger partial charge in [-0.15, -0.1) is 11.3 Å². The van der Waals surface area contributed by atoms with Gasteiger partial charge in [-0.1, -0.05) is 6.92 Å². The molecule has 0 spiro atoms. The Morgan fingerprint density at radius 3 is 2.85 bits per heavy atom. The first-order chi connectivity index (χ1) is 12.6. The molecule has 6 nitrogen and oxygen atoms in total. The number of rotatable bonds is 4. The minimum atomic E-state index is -0.0671. The average molecular weight is 369 g/mol. The first kappa shape index (κ1) is 16.8. The first-order valence-corrected chi connectivity index (χ1v) is 9.44. The van der Waals surface area contributed by atoms with Crippen LogP contribution in [0.5, 0.6) is 5.75 Å². The Labute approximate surface area is 155 Å². The summed E-state index contributed by atoms with van der Waals surface area (Å²) in [5, 5.41) is 0. The summed E-state index contributed by atoms with van der Waals surface area (Å²) in [5.41, 5.74) is 3.82.